The number of hydrogen-bond donors (Lipinski definition) is 6. The fourth-order valence-corrected chi connectivity index (χ4v) is 12.1. The summed E-state index contributed by atoms with van der Waals surface area (Å²) in [5.74, 6) is -1.17. The normalized spacial score (nSPS) is 16.6. The van der Waals surface area contributed by atoms with Crippen LogP contribution in [-0.2, 0) is 45.4 Å². The van der Waals surface area contributed by atoms with E-state index in [1.165, 1.54) is 22.7 Å². The quantitative estimate of drug-likeness (QED) is 0.0590. The average Bonchev–Trinajstić information content (AvgIpc) is 4.51. The first kappa shape index (κ1) is 59.0. The molecular formula is C60H72N12O8S2. The summed E-state index contributed by atoms with van der Waals surface area (Å²) in [4.78, 5) is 77.4. The highest BCUT2D eigenvalue weighted by molar-refractivity contribution is 7.09. The van der Waals surface area contributed by atoms with Crippen LogP contribution in [-0.4, -0.2) is 149 Å². The summed E-state index contributed by atoms with van der Waals surface area (Å²) in [5, 5.41) is 52.8. The third-order valence-corrected chi connectivity index (χ3v) is 16.9. The first-order chi connectivity index (χ1) is 39.2. The summed E-state index contributed by atoms with van der Waals surface area (Å²) < 4.78 is 4.20. The number of aliphatic hydroxyl groups is 4. The second-order valence-electron chi connectivity index (χ2n) is 21.5. The Morgan fingerprint density at radius 1 is 0.561 bits per heavy atom. The standard InChI is InChI=1S/2C30H36N6O4S/c1-18-10-11-25-23(13-18)32-19(2)36(25)16-21-17-41-26(33-21)15-31-29(39)27(37)28(38)30(40)35-12-6-9-24(35)20-7-5-8-22(14-20)34(3)4;1-18-10-11-23-25(13-18)36(19(2)32-23)16-21-17-41-26(33-21)15-31-29(39)27(37)28(38)30(40)35-12-6-9-24(35)20-7-5-8-22(14-20)34(3)4/h2*5,7-8,10-11,13-14,17,24,27-28,37-38H,6,9,12,15-16H2,1-4H3,(H,31,39)/t2*24?,27-,28-/m11/s1. The van der Waals surface area contributed by atoms with Crippen LogP contribution in [0.15, 0.2) is 95.7 Å². The van der Waals surface area contributed by atoms with E-state index in [-0.39, 0.29) is 25.2 Å². The SMILES string of the molecule is Cc1ccc2c(c1)nc(C)n2Cc1csc(CNC(=O)[C@H](O)[C@@H](O)C(=O)N2CCCC2c2cccc(N(C)C)c2)n1.Cc1ccc2nc(C)n(Cc3csc(CNC(=O)[C@H](O)[C@@H](O)C(=O)N4CCCC4c4cccc(N(C)C)c4)n3)c2c1. The lowest BCUT2D eigenvalue weighted by Crippen LogP contribution is -2.50. The Bertz CT molecular complexity index is 3590. The number of benzene rings is 4. The van der Waals surface area contributed by atoms with Crippen LogP contribution in [0.4, 0.5) is 11.4 Å². The van der Waals surface area contributed by atoms with Gasteiger partial charge < -0.3 is 59.8 Å². The first-order valence-electron chi connectivity index (χ1n) is 27.4. The topological polar surface area (TPSA) is 248 Å². The molecule has 2 unspecified atom stereocenters. The van der Waals surface area contributed by atoms with Crippen LogP contribution in [0.3, 0.4) is 0 Å². The third-order valence-electron chi connectivity index (χ3n) is 15.1. The Balaban J connectivity index is 0.000000198. The molecule has 2 saturated heterocycles. The van der Waals surface area contributed by atoms with Crippen LogP contribution in [0.5, 0.6) is 0 Å². The number of aromatic nitrogens is 6. The van der Waals surface area contributed by atoms with E-state index in [2.05, 4.69) is 64.0 Å². The molecule has 82 heavy (non-hydrogen) atoms. The van der Waals surface area contributed by atoms with Gasteiger partial charge in [-0.3, -0.25) is 19.2 Å². The van der Waals surface area contributed by atoms with Crippen molar-refractivity contribution in [2.75, 3.05) is 51.1 Å². The Labute approximate surface area is 484 Å². The molecule has 20 nitrogen and oxygen atoms in total. The number of fused-ring (bicyclic) bond motifs is 2. The Kier molecular flexibility index (Phi) is 18.5. The molecule has 4 aromatic heterocycles. The molecule has 2 fully saturated rings. The summed E-state index contributed by atoms with van der Waals surface area (Å²) in [7, 11) is 7.80. The van der Waals surface area contributed by atoms with Gasteiger partial charge in [-0.1, -0.05) is 36.4 Å². The maximum atomic E-state index is 13.2. The fraction of sp³-hybridized carbons (Fsp3) is 0.400. The largest absolute Gasteiger partial charge is 0.380 e. The van der Waals surface area contributed by atoms with Gasteiger partial charge in [-0.25, -0.2) is 19.9 Å². The molecule has 6 heterocycles. The number of anilines is 2. The number of thiazole rings is 2. The number of carbonyl (C=O) groups excluding carboxylic acids is 4. The molecule has 22 heteroatoms. The second kappa shape index (κ2) is 25.7. The molecule has 0 bridgehead atoms. The highest BCUT2D eigenvalue weighted by atomic mass is 32.1. The van der Waals surface area contributed by atoms with Crippen LogP contribution in [0.2, 0.25) is 0 Å². The molecule has 0 saturated carbocycles. The van der Waals surface area contributed by atoms with Gasteiger partial charge in [-0.15, -0.1) is 22.7 Å². The minimum absolute atomic E-state index is 0.0773. The Hall–Kier alpha value is -7.60. The average molecular weight is 1150 g/mol. The van der Waals surface area contributed by atoms with E-state index in [1.807, 2.05) is 137 Å². The van der Waals surface area contributed by atoms with Gasteiger partial charge in [0, 0.05) is 63.4 Å². The van der Waals surface area contributed by atoms with E-state index < -0.39 is 48.0 Å². The number of nitrogens with one attached hydrogen (secondary N) is 2. The predicted molar refractivity (Wildman–Crippen MR) is 317 cm³/mol. The van der Waals surface area contributed by atoms with E-state index in [0.29, 0.717) is 36.2 Å². The summed E-state index contributed by atoms with van der Waals surface area (Å²) in [5.41, 5.74) is 11.8. The summed E-state index contributed by atoms with van der Waals surface area (Å²) >= 11 is 2.79. The molecule has 432 valence electrons. The van der Waals surface area contributed by atoms with Gasteiger partial charge >= 0.3 is 0 Å². The maximum Gasteiger partial charge on any atom is 0.255 e. The molecule has 6 atom stereocenters. The van der Waals surface area contributed by atoms with Crippen molar-refractivity contribution in [3.8, 4) is 0 Å². The van der Waals surface area contributed by atoms with Crippen LogP contribution < -0.4 is 20.4 Å². The van der Waals surface area contributed by atoms with Gasteiger partial charge in [0.2, 0.25) is 0 Å². The van der Waals surface area contributed by atoms with Crippen LogP contribution in [0.1, 0.15) is 93.1 Å². The van der Waals surface area contributed by atoms with Crippen LogP contribution in [0.25, 0.3) is 22.1 Å². The number of carbonyl (C=O) groups is 4. The van der Waals surface area contributed by atoms with Gasteiger partial charge in [-0.05, 0) is 124 Å². The van der Waals surface area contributed by atoms with Crippen molar-refractivity contribution in [2.24, 2.45) is 0 Å². The monoisotopic (exact) mass is 1150 g/mol. The number of nitrogens with zero attached hydrogens (tertiary/aromatic N) is 10. The van der Waals surface area contributed by atoms with Crippen molar-refractivity contribution >= 4 is 79.7 Å². The molecule has 10 rings (SSSR count). The number of hydrogen-bond acceptors (Lipinski definition) is 16. The van der Waals surface area contributed by atoms with Crippen molar-refractivity contribution in [3.63, 3.8) is 0 Å². The number of aryl methyl sites for hydroxylation is 4. The zero-order chi connectivity index (χ0) is 58.5. The Morgan fingerprint density at radius 3 is 1.50 bits per heavy atom. The van der Waals surface area contributed by atoms with E-state index in [0.717, 1.165) is 104 Å². The number of imidazole rings is 2. The number of aliphatic hydroxyl groups excluding tert-OH is 4. The molecule has 0 aliphatic carbocycles. The van der Waals surface area contributed by atoms with Gasteiger partial charge in [0.05, 0.1) is 71.7 Å². The molecule has 2 aliphatic rings. The summed E-state index contributed by atoms with van der Waals surface area (Å²) in [6.45, 7) is 10.1. The highest BCUT2D eigenvalue weighted by Crippen LogP contribution is 2.36. The second-order valence-corrected chi connectivity index (χ2v) is 23.4. The van der Waals surface area contributed by atoms with Gasteiger partial charge in [0.25, 0.3) is 23.6 Å². The highest BCUT2D eigenvalue weighted by Gasteiger charge is 2.40. The Morgan fingerprint density at radius 2 is 1.01 bits per heavy atom. The lowest BCUT2D eigenvalue weighted by Gasteiger charge is -2.29. The zero-order valence-corrected chi connectivity index (χ0v) is 49.1. The molecular weight excluding hydrogens is 1080 g/mol. The summed E-state index contributed by atoms with van der Waals surface area (Å²) in [6, 6.07) is 27.7. The van der Waals surface area contributed by atoms with E-state index >= 15 is 0 Å². The van der Waals surface area contributed by atoms with E-state index in [1.54, 1.807) is 9.80 Å². The number of likely N-dealkylation sites (tertiary alicyclic amines) is 2. The zero-order valence-electron chi connectivity index (χ0n) is 47.5. The summed E-state index contributed by atoms with van der Waals surface area (Å²) in [6.07, 6.45) is -4.45. The van der Waals surface area contributed by atoms with Crippen molar-refractivity contribution in [1.82, 2.24) is 49.5 Å². The number of rotatable bonds is 18. The van der Waals surface area contributed by atoms with Crippen molar-refractivity contribution in [3.05, 3.63) is 151 Å². The van der Waals surface area contributed by atoms with Gasteiger partial charge in [-0.2, -0.15) is 0 Å². The lowest BCUT2D eigenvalue weighted by molar-refractivity contribution is -0.153. The molecule has 0 radical (unpaired) electrons. The van der Waals surface area contributed by atoms with Gasteiger partial charge in [0.1, 0.15) is 21.7 Å². The maximum absolute atomic E-state index is 13.2. The molecule has 8 aromatic rings. The molecule has 0 spiro atoms. The molecule has 2 aliphatic heterocycles. The van der Waals surface area contributed by atoms with Crippen molar-refractivity contribution < 1.29 is 39.6 Å². The van der Waals surface area contributed by atoms with E-state index in [9.17, 15) is 39.6 Å². The minimum Gasteiger partial charge on any atom is -0.380 e. The molecule has 4 amide bonds. The molecule has 6 N–H and O–H groups in total. The number of amides is 4. The smallest absolute Gasteiger partial charge is 0.255 e. The lowest BCUT2D eigenvalue weighted by atomic mass is 10.0. The van der Waals surface area contributed by atoms with Crippen molar-refractivity contribution in [1.29, 1.82) is 0 Å². The predicted octanol–water partition coefficient (Wildman–Crippen LogP) is 5.85. The van der Waals surface area contributed by atoms with Gasteiger partial charge in [0.15, 0.2) is 24.4 Å². The first-order valence-corrected chi connectivity index (χ1v) is 29.2. The fourth-order valence-electron chi connectivity index (χ4n) is 10.6. The van der Waals surface area contributed by atoms with Crippen LogP contribution >= 0.6 is 22.7 Å². The molecule has 4 aromatic carbocycles. The van der Waals surface area contributed by atoms with E-state index in [4.69, 9.17) is 0 Å². The van der Waals surface area contributed by atoms with Crippen LogP contribution in [0, 0.1) is 27.7 Å². The third kappa shape index (κ3) is 13.3. The minimum atomic E-state index is -1.89. The van der Waals surface area contributed by atoms with Crippen molar-refractivity contribution in [2.45, 2.75) is 116 Å².